The molecule has 0 bridgehead atoms. The van der Waals surface area contributed by atoms with E-state index in [0.29, 0.717) is 26.2 Å². The van der Waals surface area contributed by atoms with Crippen LogP contribution in [-0.2, 0) is 9.47 Å². The lowest BCUT2D eigenvalue weighted by Gasteiger charge is -2.36. The Morgan fingerprint density at radius 1 is 0.971 bits per heavy atom. The summed E-state index contributed by atoms with van der Waals surface area (Å²) in [6.45, 7) is 9.64. The van der Waals surface area contributed by atoms with Gasteiger partial charge in [0.15, 0.2) is 5.65 Å². The first kappa shape index (κ1) is 23.4. The molecule has 0 radical (unpaired) electrons. The fourth-order valence-corrected chi connectivity index (χ4v) is 4.50. The van der Waals surface area contributed by atoms with E-state index in [1.165, 1.54) is 0 Å². The van der Waals surface area contributed by atoms with Crippen LogP contribution in [-0.4, -0.2) is 79.5 Å². The number of amides is 1. The first-order valence-electron chi connectivity index (χ1n) is 12.5. The number of pyridine rings is 2. The quantitative estimate of drug-likeness (QED) is 0.548. The van der Waals surface area contributed by atoms with Crippen molar-refractivity contribution in [1.29, 1.82) is 0 Å². The average Bonchev–Trinajstić information content (AvgIpc) is 2.93. The molecule has 8 heteroatoms. The molecule has 0 aliphatic carbocycles. The van der Waals surface area contributed by atoms with Gasteiger partial charge in [0.05, 0.1) is 13.2 Å². The zero-order valence-corrected chi connectivity index (χ0v) is 20.5. The van der Waals surface area contributed by atoms with Crippen LogP contribution >= 0.6 is 0 Å². The van der Waals surface area contributed by atoms with E-state index in [1.54, 1.807) is 4.90 Å². The standard InChI is InChI=1S/C27H33N5O3/c1-3-20(2)35-27(33)32-13-11-31(12-14-32)26-23(21-7-5-4-6-8-21)19-22-9-10-24(28-25(22)29-26)30-15-17-34-18-16-30/h4-10,19-20H,3,11-18H2,1-2H3. The number of hydrogen-bond acceptors (Lipinski definition) is 7. The highest BCUT2D eigenvalue weighted by atomic mass is 16.6. The number of piperazine rings is 1. The second kappa shape index (κ2) is 10.5. The number of hydrogen-bond donors (Lipinski definition) is 0. The van der Waals surface area contributed by atoms with Crippen LogP contribution in [0.4, 0.5) is 16.4 Å². The molecule has 2 saturated heterocycles. The van der Waals surface area contributed by atoms with Crippen LogP contribution in [0.15, 0.2) is 48.5 Å². The SMILES string of the molecule is CCC(C)OC(=O)N1CCN(c2nc3nc(N4CCOCC4)ccc3cc2-c2ccccc2)CC1. The minimum Gasteiger partial charge on any atom is -0.446 e. The number of aromatic nitrogens is 2. The lowest BCUT2D eigenvalue weighted by atomic mass is 10.0. The van der Waals surface area contributed by atoms with Gasteiger partial charge in [0.25, 0.3) is 0 Å². The molecule has 2 aromatic heterocycles. The Hall–Kier alpha value is -3.39. The molecule has 0 saturated carbocycles. The van der Waals surface area contributed by atoms with Crippen molar-refractivity contribution in [2.24, 2.45) is 0 Å². The zero-order valence-electron chi connectivity index (χ0n) is 20.5. The van der Waals surface area contributed by atoms with E-state index < -0.39 is 0 Å². The Bertz CT molecular complexity index is 1160. The predicted octanol–water partition coefficient (Wildman–Crippen LogP) is 4.19. The van der Waals surface area contributed by atoms with E-state index in [2.05, 4.69) is 40.1 Å². The summed E-state index contributed by atoms with van der Waals surface area (Å²) < 4.78 is 11.0. The topological polar surface area (TPSA) is 71.0 Å². The Morgan fingerprint density at radius 2 is 1.71 bits per heavy atom. The van der Waals surface area contributed by atoms with Crippen LogP contribution in [0.2, 0.25) is 0 Å². The molecule has 5 rings (SSSR count). The van der Waals surface area contributed by atoms with Gasteiger partial charge < -0.3 is 24.2 Å². The van der Waals surface area contributed by atoms with Crippen molar-refractivity contribution in [3.63, 3.8) is 0 Å². The van der Waals surface area contributed by atoms with E-state index in [4.69, 9.17) is 19.4 Å². The lowest BCUT2D eigenvalue weighted by Crippen LogP contribution is -2.49. The summed E-state index contributed by atoms with van der Waals surface area (Å²) in [5, 5.41) is 1.01. The second-order valence-electron chi connectivity index (χ2n) is 9.12. The smallest absolute Gasteiger partial charge is 0.410 e. The molecule has 1 unspecified atom stereocenters. The first-order chi connectivity index (χ1) is 17.1. The van der Waals surface area contributed by atoms with Gasteiger partial charge in [0, 0.05) is 50.2 Å². The summed E-state index contributed by atoms with van der Waals surface area (Å²) in [6, 6.07) is 16.7. The normalized spacial score (nSPS) is 17.5. The predicted molar refractivity (Wildman–Crippen MR) is 138 cm³/mol. The Morgan fingerprint density at radius 3 is 2.43 bits per heavy atom. The van der Waals surface area contributed by atoms with Gasteiger partial charge >= 0.3 is 6.09 Å². The Balaban J connectivity index is 1.44. The third-order valence-corrected chi connectivity index (χ3v) is 6.78. The molecule has 0 N–H and O–H groups in total. The number of ether oxygens (including phenoxy) is 2. The van der Waals surface area contributed by atoms with Crippen molar-refractivity contribution < 1.29 is 14.3 Å². The molecule has 3 aromatic rings. The highest BCUT2D eigenvalue weighted by molar-refractivity contribution is 5.89. The molecule has 184 valence electrons. The van der Waals surface area contributed by atoms with E-state index in [9.17, 15) is 4.79 Å². The molecular formula is C27H33N5O3. The van der Waals surface area contributed by atoms with Crippen molar-refractivity contribution in [2.45, 2.75) is 26.4 Å². The monoisotopic (exact) mass is 475 g/mol. The van der Waals surface area contributed by atoms with Crippen LogP contribution < -0.4 is 9.80 Å². The zero-order chi connectivity index (χ0) is 24.2. The van der Waals surface area contributed by atoms with Gasteiger partial charge in [-0.05, 0) is 37.1 Å². The second-order valence-corrected chi connectivity index (χ2v) is 9.12. The van der Waals surface area contributed by atoms with Gasteiger partial charge in [0.1, 0.15) is 17.7 Å². The number of nitrogens with zero attached hydrogens (tertiary/aromatic N) is 5. The van der Waals surface area contributed by atoms with E-state index >= 15 is 0 Å². The van der Waals surface area contributed by atoms with Crippen molar-refractivity contribution in [2.75, 3.05) is 62.3 Å². The average molecular weight is 476 g/mol. The van der Waals surface area contributed by atoms with Crippen LogP contribution in [0.3, 0.4) is 0 Å². The van der Waals surface area contributed by atoms with E-state index in [-0.39, 0.29) is 12.2 Å². The molecule has 2 aliphatic rings. The van der Waals surface area contributed by atoms with Crippen molar-refractivity contribution >= 4 is 28.8 Å². The highest BCUT2D eigenvalue weighted by Crippen LogP contribution is 2.33. The van der Waals surface area contributed by atoms with Crippen LogP contribution in [0.1, 0.15) is 20.3 Å². The summed E-state index contributed by atoms with van der Waals surface area (Å²) in [4.78, 5) is 28.8. The largest absolute Gasteiger partial charge is 0.446 e. The lowest BCUT2D eigenvalue weighted by molar-refractivity contribution is 0.0668. The fraction of sp³-hybridized carbons (Fsp3) is 0.444. The third-order valence-electron chi connectivity index (χ3n) is 6.78. The van der Waals surface area contributed by atoms with Crippen LogP contribution in [0.25, 0.3) is 22.2 Å². The van der Waals surface area contributed by atoms with Crippen molar-refractivity contribution in [1.82, 2.24) is 14.9 Å². The number of benzene rings is 1. The van der Waals surface area contributed by atoms with Gasteiger partial charge in [-0.25, -0.2) is 14.8 Å². The molecule has 1 atom stereocenters. The summed E-state index contributed by atoms with van der Waals surface area (Å²) in [5.41, 5.74) is 2.93. The molecule has 8 nitrogen and oxygen atoms in total. The summed E-state index contributed by atoms with van der Waals surface area (Å²) >= 11 is 0. The summed E-state index contributed by atoms with van der Waals surface area (Å²) in [5.74, 6) is 1.84. The molecule has 4 heterocycles. The van der Waals surface area contributed by atoms with Crippen molar-refractivity contribution in [3.05, 3.63) is 48.5 Å². The third kappa shape index (κ3) is 5.17. The number of carbonyl (C=O) groups excluding carboxylic acids is 1. The molecule has 1 amide bonds. The molecular weight excluding hydrogens is 442 g/mol. The fourth-order valence-electron chi connectivity index (χ4n) is 4.50. The van der Waals surface area contributed by atoms with Gasteiger partial charge in [-0.1, -0.05) is 37.3 Å². The van der Waals surface area contributed by atoms with Crippen molar-refractivity contribution in [3.8, 4) is 11.1 Å². The summed E-state index contributed by atoms with van der Waals surface area (Å²) in [7, 11) is 0. The molecule has 1 aromatic carbocycles. The Kier molecular flexibility index (Phi) is 6.99. The van der Waals surface area contributed by atoms with Gasteiger partial charge in [-0.3, -0.25) is 0 Å². The van der Waals surface area contributed by atoms with Gasteiger partial charge in [-0.2, -0.15) is 0 Å². The number of carbonyl (C=O) groups is 1. The van der Waals surface area contributed by atoms with Crippen LogP contribution in [0.5, 0.6) is 0 Å². The number of fused-ring (bicyclic) bond motifs is 1. The molecule has 35 heavy (non-hydrogen) atoms. The molecule has 0 spiro atoms. The minimum absolute atomic E-state index is 0.0703. The highest BCUT2D eigenvalue weighted by Gasteiger charge is 2.26. The summed E-state index contributed by atoms with van der Waals surface area (Å²) in [6.07, 6.45) is 0.511. The molecule has 2 fully saturated rings. The van der Waals surface area contributed by atoms with E-state index in [1.807, 2.05) is 32.0 Å². The molecule has 2 aliphatic heterocycles. The number of morpholine rings is 1. The maximum absolute atomic E-state index is 12.5. The number of rotatable bonds is 5. The van der Waals surface area contributed by atoms with Gasteiger partial charge in [0.2, 0.25) is 0 Å². The maximum Gasteiger partial charge on any atom is 0.410 e. The van der Waals surface area contributed by atoms with Crippen LogP contribution in [0, 0.1) is 0 Å². The number of anilines is 2. The van der Waals surface area contributed by atoms with Gasteiger partial charge in [-0.15, -0.1) is 0 Å². The first-order valence-corrected chi connectivity index (χ1v) is 12.5. The van der Waals surface area contributed by atoms with E-state index in [0.717, 1.165) is 66.5 Å². The minimum atomic E-state index is -0.231. The maximum atomic E-state index is 12.5. The Labute approximate surface area is 206 Å².